The van der Waals surface area contributed by atoms with E-state index in [-0.39, 0.29) is 24.5 Å². The summed E-state index contributed by atoms with van der Waals surface area (Å²) in [4.78, 5) is 21.0. The molecule has 190 valence electrons. The van der Waals surface area contributed by atoms with E-state index in [1.165, 1.54) is 12.8 Å². The number of nitrogens with zero attached hydrogens (tertiary/aromatic N) is 4. The molecule has 36 heavy (non-hydrogen) atoms. The highest BCUT2D eigenvalue weighted by molar-refractivity contribution is 7.80. The van der Waals surface area contributed by atoms with E-state index in [2.05, 4.69) is 82.7 Å². The summed E-state index contributed by atoms with van der Waals surface area (Å²) in [5.74, 6) is -0.253. The molecule has 1 saturated heterocycles. The highest BCUT2D eigenvalue weighted by Crippen LogP contribution is 2.41. The maximum absolute atomic E-state index is 12.0. The molecule has 1 aliphatic heterocycles. The lowest BCUT2D eigenvalue weighted by Crippen LogP contribution is -2.32. The zero-order valence-corrected chi connectivity index (χ0v) is 22.5. The van der Waals surface area contributed by atoms with Crippen LogP contribution in [0.2, 0.25) is 0 Å². The van der Waals surface area contributed by atoms with Gasteiger partial charge in [0.1, 0.15) is 0 Å². The molecular formula is C28H35N5O2S. The molecule has 3 heterocycles. The SMILES string of the molecule is CCN(CC)c1ccc(-n2c(C)cc([C@@H]3[C@@H](c4ccccn4)NC(=S)N3CCC(=O)OC)c2C)cc1. The monoisotopic (exact) mass is 505 g/mol. The minimum absolute atomic E-state index is 0.105. The van der Waals surface area contributed by atoms with Crippen molar-refractivity contribution in [2.24, 2.45) is 0 Å². The lowest BCUT2D eigenvalue weighted by Gasteiger charge is -2.28. The molecule has 1 fully saturated rings. The first-order valence-electron chi connectivity index (χ1n) is 12.5. The maximum atomic E-state index is 12.0. The Kier molecular flexibility index (Phi) is 7.94. The number of benzene rings is 1. The van der Waals surface area contributed by atoms with Gasteiger partial charge in [0.25, 0.3) is 0 Å². The van der Waals surface area contributed by atoms with Crippen molar-refractivity contribution in [3.05, 3.63) is 77.4 Å². The van der Waals surface area contributed by atoms with Gasteiger partial charge in [-0.1, -0.05) is 6.07 Å². The predicted octanol–water partition coefficient (Wildman–Crippen LogP) is 4.87. The van der Waals surface area contributed by atoms with Crippen molar-refractivity contribution in [2.45, 2.75) is 46.2 Å². The number of nitrogens with one attached hydrogen (secondary N) is 1. The highest BCUT2D eigenvalue weighted by Gasteiger charge is 2.41. The third-order valence-corrected chi connectivity index (χ3v) is 7.36. The molecular weight excluding hydrogens is 470 g/mol. The number of hydrogen-bond donors (Lipinski definition) is 1. The Balaban J connectivity index is 1.74. The van der Waals surface area contributed by atoms with E-state index in [0.717, 1.165) is 41.4 Å². The summed E-state index contributed by atoms with van der Waals surface area (Å²) in [6.45, 7) is 11.1. The lowest BCUT2D eigenvalue weighted by molar-refractivity contribution is -0.140. The normalized spacial score (nSPS) is 17.2. The quantitative estimate of drug-likeness (QED) is 0.329. The first-order valence-corrected chi connectivity index (χ1v) is 12.9. The van der Waals surface area contributed by atoms with Crippen LogP contribution in [0.25, 0.3) is 5.69 Å². The van der Waals surface area contributed by atoms with Crippen molar-refractivity contribution in [1.29, 1.82) is 0 Å². The second-order valence-electron chi connectivity index (χ2n) is 9.00. The van der Waals surface area contributed by atoms with E-state index in [1.807, 2.05) is 18.2 Å². The van der Waals surface area contributed by atoms with Gasteiger partial charge in [0, 0.05) is 48.6 Å². The first-order chi connectivity index (χ1) is 17.4. The smallest absolute Gasteiger partial charge is 0.307 e. The molecule has 0 unspecified atom stereocenters. The standard InChI is InChI=1S/C28H35N5O2S/c1-6-31(7-2)21-11-13-22(14-12-21)33-19(3)18-23(20(33)4)27-26(24-10-8-9-16-29-24)30-28(36)32(27)17-15-25(34)35-5/h8-14,16,18,26-27H,6-7,15,17H2,1-5H3,(H,30,36)/t26-,27-/m1/s1. The zero-order valence-electron chi connectivity index (χ0n) is 21.7. The van der Waals surface area contributed by atoms with Crippen LogP contribution in [0.15, 0.2) is 54.7 Å². The molecule has 0 amide bonds. The number of carbonyl (C=O) groups excluding carboxylic acids is 1. The van der Waals surface area contributed by atoms with Gasteiger partial charge in [-0.2, -0.15) is 0 Å². The van der Waals surface area contributed by atoms with Crippen LogP contribution in [0, 0.1) is 13.8 Å². The fraction of sp³-hybridized carbons (Fsp3) is 0.393. The summed E-state index contributed by atoms with van der Waals surface area (Å²) in [6.07, 6.45) is 2.06. The van der Waals surface area contributed by atoms with Gasteiger partial charge in [0.05, 0.1) is 31.3 Å². The van der Waals surface area contributed by atoms with Crippen LogP contribution in [0.5, 0.6) is 0 Å². The number of esters is 1. The zero-order chi connectivity index (χ0) is 25.8. The Labute approximate surface area is 219 Å². The molecule has 7 nitrogen and oxygen atoms in total. The molecule has 4 rings (SSSR count). The predicted molar refractivity (Wildman–Crippen MR) is 148 cm³/mol. The number of ether oxygens (including phenoxy) is 1. The Morgan fingerprint density at radius 1 is 1.14 bits per heavy atom. The van der Waals surface area contributed by atoms with Crippen LogP contribution in [-0.4, -0.2) is 52.3 Å². The van der Waals surface area contributed by atoms with Crippen molar-refractivity contribution >= 4 is 29.0 Å². The molecule has 0 saturated carbocycles. The third kappa shape index (κ3) is 4.95. The van der Waals surface area contributed by atoms with Crippen molar-refractivity contribution in [3.8, 4) is 5.69 Å². The van der Waals surface area contributed by atoms with E-state index < -0.39 is 0 Å². The second kappa shape index (κ2) is 11.1. The van der Waals surface area contributed by atoms with Crippen molar-refractivity contribution in [3.63, 3.8) is 0 Å². The Morgan fingerprint density at radius 3 is 2.47 bits per heavy atom. The second-order valence-corrected chi connectivity index (χ2v) is 9.38. The summed E-state index contributed by atoms with van der Waals surface area (Å²) in [5, 5.41) is 4.09. The number of hydrogen-bond acceptors (Lipinski definition) is 5. The van der Waals surface area contributed by atoms with Gasteiger partial charge < -0.3 is 24.4 Å². The van der Waals surface area contributed by atoms with Crippen LogP contribution in [-0.2, 0) is 9.53 Å². The molecule has 1 aliphatic rings. The molecule has 0 radical (unpaired) electrons. The highest BCUT2D eigenvalue weighted by atomic mass is 32.1. The van der Waals surface area contributed by atoms with Crippen molar-refractivity contribution in [2.75, 3.05) is 31.6 Å². The number of anilines is 1. The van der Waals surface area contributed by atoms with Gasteiger partial charge >= 0.3 is 5.97 Å². The van der Waals surface area contributed by atoms with Crippen LogP contribution < -0.4 is 10.2 Å². The van der Waals surface area contributed by atoms with Gasteiger partial charge in [-0.05, 0) is 87.9 Å². The number of pyridine rings is 1. The van der Waals surface area contributed by atoms with E-state index in [1.54, 1.807) is 6.20 Å². The van der Waals surface area contributed by atoms with Crippen LogP contribution in [0.1, 0.15) is 55.0 Å². The van der Waals surface area contributed by atoms with Crippen molar-refractivity contribution < 1.29 is 9.53 Å². The van der Waals surface area contributed by atoms with Crippen molar-refractivity contribution in [1.82, 2.24) is 19.8 Å². The van der Waals surface area contributed by atoms with Gasteiger partial charge in [-0.15, -0.1) is 0 Å². The third-order valence-electron chi connectivity index (χ3n) is 7.01. The summed E-state index contributed by atoms with van der Waals surface area (Å²) in [7, 11) is 1.41. The Bertz CT molecular complexity index is 1200. The number of rotatable bonds is 9. The summed E-state index contributed by atoms with van der Waals surface area (Å²) in [6, 6.07) is 16.6. The average molecular weight is 506 g/mol. The Hall–Kier alpha value is -3.39. The van der Waals surface area contributed by atoms with Gasteiger partial charge in [-0.3, -0.25) is 9.78 Å². The molecule has 3 aromatic rings. The molecule has 0 spiro atoms. The molecule has 2 aromatic heterocycles. The Morgan fingerprint density at radius 2 is 1.86 bits per heavy atom. The van der Waals surface area contributed by atoms with E-state index in [4.69, 9.17) is 17.0 Å². The first kappa shape index (κ1) is 25.7. The van der Waals surface area contributed by atoms with Gasteiger partial charge in [0.2, 0.25) is 0 Å². The lowest BCUT2D eigenvalue weighted by atomic mass is 9.96. The van der Waals surface area contributed by atoms with Gasteiger partial charge in [-0.25, -0.2) is 0 Å². The molecule has 1 aromatic carbocycles. The molecule has 8 heteroatoms. The van der Waals surface area contributed by atoms with Crippen LogP contribution >= 0.6 is 12.2 Å². The minimum Gasteiger partial charge on any atom is -0.469 e. The molecule has 0 aliphatic carbocycles. The summed E-state index contributed by atoms with van der Waals surface area (Å²) in [5.41, 5.74) is 6.70. The van der Waals surface area contributed by atoms with Crippen LogP contribution in [0.3, 0.4) is 0 Å². The fourth-order valence-electron chi connectivity index (χ4n) is 5.18. The number of carbonyl (C=O) groups is 1. The topological polar surface area (TPSA) is 62.6 Å². The minimum atomic E-state index is -0.253. The fourth-order valence-corrected chi connectivity index (χ4v) is 5.52. The summed E-state index contributed by atoms with van der Waals surface area (Å²) >= 11 is 5.74. The number of aryl methyl sites for hydroxylation is 1. The number of methoxy groups -OCH3 is 1. The number of thiocarbonyl (C=S) groups is 1. The average Bonchev–Trinajstić information content (AvgIpc) is 3.38. The van der Waals surface area contributed by atoms with Gasteiger partial charge in [0.15, 0.2) is 5.11 Å². The summed E-state index contributed by atoms with van der Waals surface area (Å²) < 4.78 is 7.18. The number of aromatic nitrogens is 2. The van der Waals surface area contributed by atoms with Crippen LogP contribution in [0.4, 0.5) is 5.69 Å². The largest absolute Gasteiger partial charge is 0.469 e. The van der Waals surface area contributed by atoms with E-state index >= 15 is 0 Å². The van der Waals surface area contributed by atoms with E-state index in [0.29, 0.717) is 11.7 Å². The maximum Gasteiger partial charge on any atom is 0.307 e. The van der Waals surface area contributed by atoms with E-state index in [9.17, 15) is 4.79 Å². The molecule has 1 N–H and O–H groups in total. The molecule has 0 bridgehead atoms. The molecule has 2 atom stereocenters.